The summed E-state index contributed by atoms with van der Waals surface area (Å²) in [6.07, 6.45) is 0.913. The van der Waals surface area contributed by atoms with E-state index < -0.39 is 5.60 Å². The first-order valence-electron chi connectivity index (χ1n) is 6.16. The van der Waals surface area contributed by atoms with Gasteiger partial charge in [-0.3, -0.25) is 4.90 Å². The second-order valence-electron chi connectivity index (χ2n) is 5.41. The van der Waals surface area contributed by atoms with E-state index in [0.717, 1.165) is 10.9 Å². The van der Waals surface area contributed by atoms with Gasteiger partial charge in [-0.05, 0) is 49.3 Å². The summed E-state index contributed by atoms with van der Waals surface area (Å²) in [5.74, 6) is 0. The van der Waals surface area contributed by atoms with Gasteiger partial charge in [0, 0.05) is 27.3 Å². The fourth-order valence-electron chi connectivity index (χ4n) is 2.17. The van der Waals surface area contributed by atoms with E-state index in [1.54, 1.807) is 11.3 Å². The molecule has 0 aromatic carbocycles. The van der Waals surface area contributed by atoms with Crippen molar-refractivity contribution in [1.82, 2.24) is 4.90 Å². The van der Waals surface area contributed by atoms with Crippen molar-refractivity contribution < 1.29 is 5.11 Å². The molecule has 1 aromatic rings. The van der Waals surface area contributed by atoms with Gasteiger partial charge in [0.2, 0.25) is 0 Å². The third-order valence-corrected chi connectivity index (χ3v) is 4.63. The summed E-state index contributed by atoms with van der Waals surface area (Å²) in [5, 5.41) is 12.0. The minimum absolute atomic E-state index is 0.0721. The minimum Gasteiger partial charge on any atom is -0.389 e. The Kier molecular flexibility index (Phi) is 5.80. The summed E-state index contributed by atoms with van der Waals surface area (Å²) in [7, 11) is 2.02. The van der Waals surface area contributed by atoms with Crippen molar-refractivity contribution >= 4 is 27.3 Å². The lowest BCUT2D eigenvalue weighted by molar-refractivity contribution is 0.0272. The smallest absolute Gasteiger partial charge is 0.0718 e. The van der Waals surface area contributed by atoms with Gasteiger partial charge < -0.3 is 10.8 Å². The summed E-state index contributed by atoms with van der Waals surface area (Å²) in [6, 6.07) is 2.34. The predicted molar refractivity (Wildman–Crippen MR) is 82.0 cm³/mol. The number of nitrogens with zero attached hydrogens (tertiary/aromatic N) is 1. The van der Waals surface area contributed by atoms with Crippen LogP contribution in [0.15, 0.2) is 15.9 Å². The van der Waals surface area contributed by atoms with Crippen LogP contribution in [0.2, 0.25) is 0 Å². The van der Waals surface area contributed by atoms with Crippen LogP contribution in [-0.2, 0) is 0 Å². The Labute approximate surface area is 122 Å². The van der Waals surface area contributed by atoms with Crippen LogP contribution in [0.1, 0.15) is 38.1 Å². The van der Waals surface area contributed by atoms with E-state index in [-0.39, 0.29) is 12.1 Å². The Hall–Kier alpha value is 0.0600. The van der Waals surface area contributed by atoms with Crippen molar-refractivity contribution in [3.05, 3.63) is 20.8 Å². The van der Waals surface area contributed by atoms with Crippen LogP contribution in [0.5, 0.6) is 0 Å². The molecule has 0 radical (unpaired) electrons. The van der Waals surface area contributed by atoms with Gasteiger partial charge in [0.25, 0.3) is 0 Å². The number of aliphatic hydroxyl groups is 1. The highest BCUT2D eigenvalue weighted by atomic mass is 79.9. The molecule has 3 N–H and O–H groups in total. The average Bonchev–Trinajstić information content (AvgIpc) is 2.62. The van der Waals surface area contributed by atoms with E-state index >= 15 is 0 Å². The number of hydrogen-bond acceptors (Lipinski definition) is 4. The predicted octanol–water partition coefficient (Wildman–Crippen LogP) is 2.99. The van der Waals surface area contributed by atoms with Crippen LogP contribution in [0.4, 0.5) is 0 Å². The van der Waals surface area contributed by atoms with Gasteiger partial charge in [0.05, 0.1) is 11.6 Å². The Morgan fingerprint density at radius 3 is 2.56 bits per heavy atom. The topological polar surface area (TPSA) is 49.5 Å². The zero-order valence-electron chi connectivity index (χ0n) is 11.5. The second kappa shape index (κ2) is 6.48. The fourth-order valence-corrected chi connectivity index (χ4v) is 3.85. The van der Waals surface area contributed by atoms with Crippen molar-refractivity contribution in [3.8, 4) is 0 Å². The molecule has 3 nitrogen and oxygen atoms in total. The van der Waals surface area contributed by atoms with Crippen molar-refractivity contribution in [2.45, 2.75) is 44.9 Å². The Morgan fingerprint density at radius 1 is 1.56 bits per heavy atom. The monoisotopic (exact) mass is 334 g/mol. The first-order valence-corrected chi connectivity index (χ1v) is 7.84. The molecule has 0 aliphatic carbocycles. The molecule has 0 aliphatic heterocycles. The molecule has 0 aliphatic rings. The molecule has 0 bridgehead atoms. The van der Waals surface area contributed by atoms with Crippen LogP contribution in [0.3, 0.4) is 0 Å². The highest BCUT2D eigenvalue weighted by Gasteiger charge is 2.28. The van der Waals surface area contributed by atoms with Crippen LogP contribution in [0, 0.1) is 0 Å². The number of likely N-dealkylation sites (N-methyl/N-ethyl adjacent to an activating group) is 1. The third kappa shape index (κ3) is 4.63. The van der Waals surface area contributed by atoms with Crippen molar-refractivity contribution in [2.24, 2.45) is 5.73 Å². The molecular weight excluding hydrogens is 312 g/mol. The maximum absolute atomic E-state index is 9.96. The van der Waals surface area contributed by atoms with E-state index in [9.17, 15) is 5.11 Å². The van der Waals surface area contributed by atoms with Crippen molar-refractivity contribution in [1.29, 1.82) is 0 Å². The van der Waals surface area contributed by atoms with Gasteiger partial charge in [0.15, 0.2) is 0 Å². The number of hydrogen-bond donors (Lipinski definition) is 2. The SMILES string of the molecule is CCC(N)C(c1cc(Br)cs1)N(C)CC(C)(C)O. The lowest BCUT2D eigenvalue weighted by Crippen LogP contribution is -2.44. The van der Waals surface area contributed by atoms with Gasteiger partial charge in [-0.25, -0.2) is 0 Å². The van der Waals surface area contributed by atoms with Crippen LogP contribution in [0.25, 0.3) is 0 Å². The summed E-state index contributed by atoms with van der Waals surface area (Å²) >= 11 is 5.19. The van der Waals surface area contributed by atoms with E-state index in [0.29, 0.717) is 6.54 Å². The van der Waals surface area contributed by atoms with Gasteiger partial charge >= 0.3 is 0 Å². The van der Waals surface area contributed by atoms with Gasteiger partial charge in [-0.2, -0.15) is 0 Å². The first-order chi connectivity index (χ1) is 8.24. The van der Waals surface area contributed by atoms with Gasteiger partial charge in [-0.1, -0.05) is 6.92 Å². The Morgan fingerprint density at radius 2 is 2.17 bits per heavy atom. The lowest BCUT2D eigenvalue weighted by atomic mass is 10.0. The summed E-state index contributed by atoms with van der Waals surface area (Å²) < 4.78 is 1.09. The molecule has 0 spiro atoms. The molecule has 1 rings (SSSR count). The molecule has 2 unspecified atom stereocenters. The minimum atomic E-state index is -0.713. The Bertz CT molecular complexity index is 375. The molecule has 1 aromatic heterocycles. The van der Waals surface area contributed by atoms with E-state index in [4.69, 9.17) is 5.73 Å². The number of halogens is 1. The standard InChI is InChI=1S/C13H23BrN2OS/c1-5-10(15)12(11-6-9(14)7-18-11)16(4)8-13(2,3)17/h6-7,10,12,17H,5,8,15H2,1-4H3. The molecule has 0 saturated heterocycles. The van der Waals surface area contributed by atoms with Gasteiger partial charge in [-0.15, -0.1) is 11.3 Å². The first kappa shape index (κ1) is 16.1. The quantitative estimate of drug-likeness (QED) is 0.840. The zero-order chi connectivity index (χ0) is 13.9. The molecule has 0 saturated carbocycles. The summed E-state index contributed by atoms with van der Waals surface area (Å²) in [6.45, 7) is 6.34. The molecular formula is C13H23BrN2OS. The molecule has 1 heterocycles. The normalized spacial score (nSPS) is 16.0. The molecule has 18 heavy (non-hydrogen) atoms. The van der Waals surface area contributed by atoms with E-state index in [2.05, 4.69) is 39.2 Å². The second-order valence-corrected chi connectivity index (χ2v) is 7.27. The number of rotatable bonds is 6. The fraction of sp³-hybridized carbons (Fsp3) is 0.692. The zero-order valence-corrected chi connectivity index (χ0v) is 13.9. The largest absolute Gasteiger partial charge is 0.389 e. The van der Waals surface area contributed by atoms with Crippen molar-refractivity contribution in [2.75, 3.05) is 13.6 Å². The third-order valence-electron chi connectivity index (χ3n) is 2.87. The maximum atomic E-state index is 9.96. The van der Waals surface area contributed by atoms with Crippen LogP contribution < -0.4 is 5.73 Å². The lowest BCUT2D eigenvalue weighted by Gasteiger charge is -2.35. The number of thiophene rings is 1. The highest BCUT2D eigenvalue weighted by Crippen LogP contribution is 2.32. The molecule has 2 atom stereocenters. The Balaban J connectivity index is 2.92. The number of nitrogens with two attached hydrogens (primary N) is 1. The molecule has 5 heteroatoms. The molecule has 104 valence electrons. The van der Waals surface area contributed by atoms with Crippen LogP contribution >= 0.6 is 27.3 Å². The molecule has 0 amide bonds. The highest BCUT2D eigenvalue weighted by molar-refractivity contribution is 9.10. The van der Waals surface area contributed by atoms with Crippen molar-refractivity contribution in [3.63, 3.8) is 0 Å². The summed E-state index contributed by atoms with van der Waals surface area (Å²) in [4.78, 5) is 3.38. The van der Waals surface area contributed by atoms with E-state index in [1.165, 1.54) is 4.88 Å². The van der Waals surface area contributed by atoms with Crippen LogP contribution in [-0.4, -0.2) is 35.2 Å². The maximum Gasteiger partial charge on any atom is 0.0718 e. The average molecular weight is 335 g/mol. The molecule has 0 fully saturated rings. The van der Waals surface area contributed by atoms with E-state index in [1.807, 2.05) is 20.9 Å². The summed E-state index contributed by atoms with van der Waals surface area (Å²) in [5.41, 5.74) is 5.53. The van der Waals surface area contributed by atoms with Gasteiger partial charge in [0.1, 0.15) is 0 Å².